The van der Waals surface area contributed by atoms with Crippen LogP contribution in [0.4, 0.5) is 15.0 Å². The summed E-state index contributed by atoms with van der Waals surface area (Å²) in [5, 5.41) is 0. The van der Waals surface area contributed by atoms with Crippen LogP contribution < -0.4 is 10.6 Å². The molecular weight excluding hydrogens is 305 g/mol. The van der Waals surface area contributed by atoms with E-state index >= 15 is 0 Å². The van der Waals surface area contributed by atoms with Gasteiger partial charge in [-0.15, -0.1) is 0 Å². The van der Waals surface area contributed by atoms with Gasteiger partial charge in [-0.05, 0) is 28.1 Å². The van der Waals surface area contributed by atoms with Crippen LogP contribution in [0.1, 0.15) is 6.42 Å². The molecule has 1 amide bonds. The number of carbonyl (C=O) groups excluding carboxylic acids is 1. The number of anilines is 1. The van der Waals surface area contributed by atoms with Crippen molar-refractivity contribution < 1.29 is 13.9 Å². The van der Waals surface area contributed by atoms with Crippen LogP contribution >= 0.6 is 15.9 Å². The molecule has 0 bridgehead atoms. The van der Waals surface area contributed by atoms with Gasteiger partial charge in [-0.25, -0.2) is 14.2 Å². The number of aromatic nitrogens is 1. The van der Waals surface area contributed by atoms with E-state index in [1.807, 2.05) is 17.0 Å². The Morgan fingerprint density at radius 2 is 2.39 bits per heavy atom. The van der Waals surface area contributed by atoms with Crippen LogP contribution in [0.25, 0.3) is 0 Å². The van der Waals surface area contributed by atoms with E-state index in [2.05, 4.69) is 20.9 Å². The van der Waals surface area contributed by atoms with Crippen molar-refractivity contribution in [3.63, 3.8) is 0 Å². The summed E-state index contributed by atoms with van der Waals surface area (Å²) in [5.74, 6) is 0.707. The normalized spacial score (nSPS) is 23.8. The lowest BCUT2D eigenvalue weighted by Crippen LogP contribution is -2.47. The maximum atomic E-state index is 13.8. The topological polar surface area (TPSA) is 68.5 Å². The second kappa shape index (κ2) is 5.51. The third-order valence-corrected chi connectivity index (χ3v) is 3.25. The SMILES string of the molecule is NC(=O)O[C@H]1CCN(c2ccc(Br)cn2)C[C@H]1F. The molecule has 0 aromatic carbocycles. The van der Waals surface area contributed by atoms with E-state index in [4.69, 9.17) is 10.5 Å². The summed E-state index contributed by atoms with van der Waals surface area (Å²) >= 11 is 3.29. The first-order chi connectivity index (χ1) is 8.56. The summed E-state index contributed by atoms with van der Waals surface area (Å²) in [6.07, 6.45) is -0.875. The summed E-state index contributed by atoms with van der Waals surface area (Å²) in [6.45, 7) is 0.722. The van der Waals surface area contributed by atoms with E-state index in [0.29, 0.717) is 18.8 Å². The highest BCUT2D eigenvalue weighted by molar-refractivity contribution is 9.10. The van der Waals surface area contributed by atoms with E-state index in [0.717, 1.165) is 4.47 Å². The maximum Gasteiger partial charge on any atom is 0.404 e. The van der Waals surface area contributed by atoms with Crippen LogP contribution in [0.2, 0.25) is 0 Å². The summed E-state index contributed by atoms with van der Waals surface area (Å²) in [4.78, 5) is 16.6. The number of carbonyl (C=O) groups is 1. The van der Waals surface area contributed by atoms with Gasteiger partial charge in [-0.1, -0.05) is 0 Å². The molecule has 1 aromatic rings. The zero-order chi connectivity index (χ0) is 13.1. The molecule has 1 aromatic heterocycles. The first-order valence-electron chi connectivity index (χ1n) is 5.53. The van der Waals surface area contributed by atoms with E-state index < -0.39 is 18.4 Å². The lowest BCUT2D eigenvalue weighted by molar-refractivity contribution is 0.0379. The standard InChI is InChI=1S/C11H13BrFN3O2/c12-7-1-2-10(15-5-7)16-4-3-9(8(13)6-16)18-11(14)17/h1-2,5,8-9H,3-4,6H2,(H2,14,17)/t8-,9+/m1/s1. The molecule has 1 fully saturated rings. The summed E-state index contributed by atoms with van der Waals surface area (Å²) < 4.78 is 19.4. The second-order valence-electron chi connectivity index (χ2n) is 4.06. The van der Waals surface area contributed by atoms with Crippen molar-refractivity contribution in [2.75, 3.05) is 18.0 Å². The van der Waals surface area contributed by atoms with Crippen LogP contribution in [-0.4, -0.2) is 36.4 Å². The Morgan fingerprint density at radius 1 is 1.61 bits per heavy atom. The van der Waals surface area contributed by atoms with Gasteiger partial charge < -0.3 is 15.4 Å². The lowest BCUT2D eigenvalue weighted by atomic mass is 10.1. The molecule has 5 nitrogen and oxygen atoms in total. The Balaban J connectivity index is 1.99. The molecule has 0 aliphatic carbocycles. The van der Waals surface area contributed by atoms with Gasteiger partial charge >= 0.3 is 6.09 Å². The number of hydrogen-bond acceptors (Lipinski definition) is 4. The average molecular weight is 318 g/mol. The van der Waals surface area contributed by atoms with Crippen LogP contribution in [0.5, 0.6) is 0 Å². The number of nitrogens with zero attached hydrogens (tertiary/aromatic N) is 2. The predicted octanol–water partition coefficient (Wildman–Crippen LogP) is 1.86. The Kier molecular flexibility index (Phi) is 4.00. The number of piperidine rings is 1. The van der Waals surface area contributed by atoms with Crippen LogP contribution in [-0.2, 0) is 4.74 Å². The van der Waals surface area contributed by atoms with Crippen molar-refractivity contribution in [3.8, 4) is 0 Å². The molecule has 0 radical (unpaired) electrons. The van der Waals surface area contributed by atoms with Crippen molar-refractivity contribution in [1.29, 1.82) is 0 Å². The van der Waals surface area contributed by atoms with Crippen molar-refractivity contribution in [1.82, 2.24) is 4.98 Å². The van der Waals surface area contributed by atoms with Crippen LogP contribution in [0, 0.1) is 0 Å². The number of pyridine rings is 1. The minimum absolute atomic E-state index is 0.145. The van der Waals surface area contributed by atoms with E-state index in [-0.39, 0.29) is 6.54 Å². The summed E-state index contributed by atoms with van der Waals surface area (Å²) in [5.41, 5.74) is 4.89. The highest BCUT2D eigenvalue weighted by Crippen LogP contribution is 2.22. The van der Waals surface area contributed by atoms with Crippen molar-refractivity contribution in [2.24, 2.45) is 5.73 Å². The molecule has 1 saturated heterocycles. The zero-order valence-electron chi connectivity index (χ0n) is 9.55. The molecule has 2 atom stereocenters. The van der Waals surface area contributed by atoms with Gasteiger partial charge in [0.25, 0.3) is 0 Å². The monoisotopic (exact) mass is 317 g/mol. The number of alkyl halides is 1. The van der Waals surface area contributed by atoms with Gasteiger partial charge in [-0.3, -0.25) is 0 Å². The number of nitrogens with two attached hydrogens (primary N) is 1. The second-order valence-corrected chi connectivity index (χ2v) is 4.98. The predicted molar refractivity (Wildman–Crippen MR) is 68.1 cm³/mol. The number of primary amides is 1. The Labute approximate surface area is 112 Å². The summed E-state index contributed by atoms with van der Waals surface area (Å²) in [6, 6.07) is 3.66. The lowest BCUT2D eigenvalue weighted by Gasteiger charge is -2.34. The van der Waals surface area contributed by atoms with E-state index in [9.17, 15) is 9.18 Å². The van der Waals surface area contributed by atoms with Gasteiger partial charge in [0.05, 0.1) is 6.54 Å². The quantitative estimate of drug-likeness (QED) is 0.904. The third kappa shape index (κ3) is 3.10. The average Bonchev–Trinajstić information content (AvgIpc) is 2.32. The molecule has 1 aliphatic rings. The summed E-state index contributed by atoms with van der Waals surface area (Å²) in [7, 11) is 0. The molecule has 7 heteroatoms. The minimum atomic E-state index is -1.25. The third-order valence-electron chi connectivity index (χ3n) is 2.79. The molecule has 0 spiro atoms. The van der Waals surface area contributed by atoms with E-state index in [1.54, 1.807) is 6.20 Å². The zero-order valence-corrected chi connectivity index (χ0v) is 11.1. The fourth-order valence-corrected chi connectivity index (χ4v) is 2.16. The highest BCUT2D eigenvalue weighted by Gasteiger charge is 2.32. The van der Waals surface area contributed by atoms with Crippen LogP contribution in [0.3, 0.4) is 0 Å². The van der Waals surface area contributed by atoms with Crippen molar-refractivity contribution in [2.45, 2.75) is 18.7 Å². The highest BCUT2D eigenvalue weighted by atomic mass is 79.9. The molecule has 0 saturated carbocycles. The smallest absolute Gasteiger partial charge is 0.404 e. The van der Waals surface area contributed by atoms with Gasteiger partial charge in [0.2, 0.25) is 0 Å². The molecule has 1 aliphatic heterocycles. The fourth-order valence-electron chi connectivity index (χ4n) is 1.93. The number of amides is 1. The number of rotatable bonds is 2. The van der Waals surface area contributed by atoms with Gasteiger partial charge in [0, 0.05) is 23.6 Å². The minimum Gasteiger partial charge on any atom is -0.443 e. The molecule has 2 rings (SSSR count). The van der Waals surface area contributed by atoms with Gasteiger partial charge in [0.15, 0.2) is 6.17 Å². The van der Waals surface area contributed by atoms with Crippen molar-refractivity contribution in [3.05, 3.63) is 22.8 Å². The largest absolute Gasteiger partial charge is 0.443 e. The Hall–Kier alpha value is -1.37. The molecule has 2 heterocycles. The Morgan fingerprint density at radius 3 is 2.94 bits per heavy atom. The molecule has 18 heavy (non-hydrogen) atoms. The number of ether oxygens (including phenoxy) is 1. The molecule has 0 unspecified atom stereocenters. The first kappa shape index (κ1) is 13.1. The molecule has 98 valence electrons. The van der Waals surface area contributed by atoms with Crippen LogP contribution in [0.15, 0.2) is 22.8 Å². The number of hydrogen-bond donors (Lipinski definition) is 1. The van der Waals surface area contributed by atoms with E-state index in [1.165, 1.54) is 0 Å². The molecular formula is C11H13BrFN3O2. The van der Waals surface area contributed by atoms with Gasteiger partial charge in [-0.2, -0.15) is 0 Å². The first-order valence-corrected chi connectivity index (χ1v) is 6.32. The Bertz CT molecular complexity index is 429. The molecule has 2 N–H and O–H groups in total. The maximum absolute atomic E-state index is 13.8. The fraction of sp³-hybridized carbons (Fsp3) is 0.455. The number of halogens is 2. The van der Waals surface area contributed by atoms with Crippen molar-refractivity contribution >= 4 is 27.8 Å². The van der Waals surface area contributed by atoms with Gasteiger partial charge in [0.1, 0.15) is 11.9 Å².